The molecular weight excluding hydrogens is 587 g/mol. The predicted octanol–water partition coefficient (Wildman–Crippen LogP) is 9.89. The average molecular weight is 640 g/mol. The fraction of sp³-hybridized carbons (Fsp3) is 0.697. The van der Waals surface area contributed by atoms with Crippen molar-refractivity contribution in [1.29, 1.82) is 0 Å². The molecule has 2 saturated carbocycles. The molecule has 5 rings (SSSR count). The van der Waals surface area contributed by atoms with E-state index in [1.54, 1.807) is 5.56 Å². The number of allylic oxidation sites excluding steroid dienone is 4. The van der Waals surface area contributed by atoms with Crippen LogP contribution in [0.2, 0.25) is 7.25 Å². The number of hydrogen-bond acceptors (Lipinski definition) is 0. The van der Waals surface area contributed by atoms with Crippen molar-refractivity contribution < 1.29 is 18.9 Å². The Kier molecular flexibility index (Phi) is 10.4. The molecule has 0 heterocycles. The van der Waals surface area contributed by atoms with Gasteiger partial charge in [0, 0.05) is 0 Å². The molecule has 0 aromatic heterocycles. The molecule has 0 aliphatic heterocycles. The normalized spacial score (nSPS) is 35.7. The summed E-state index contributed by atoms with van der Waals surface area (Å²) in [6.07, 6.45) is 16.8. The molecule has 6 unspecified atom stereocenters. The summed E-state index contributed by atoms with van der Waals surface area (Å²) in [5.41, 5.74) is 6.52. The SMILES string of the molecule is CC1CC2C(=CCCCC2(C)C)[CH]1[Zr](=[SiH2])([CH2]c1ccccc1)[CH]1C2=CCCCC(C)(C)C2CC1C.Cl.Cl. The van der Waals surface area contributed by atoms with Gasteiger partial charge in [0.15, 0.2) is 0 Å². The largest absolute Gasteiger partial charge is 0.147 e. The molecule has 0 nitrogen and oxygen atoms in total. The van der Waals surface area contributed by atoms with Crippen LogP contribution in [0.15, 0.2) is 53.6 Å². The number of rotatable bonds is 4. The molecule has 1 aromatic rings. The van der Waals surface area contributed by atoms with Crippen LogP contribution in [0.4, 0.5) is 0 Å². The fourth-order valence-electron chi connectivity index (χ4n) is 9.65. The molecule has 0 amide bonds. The average Bonchev–Trinajstić information content (AvgIpc) is 3.23. The zero-order valence-corrected chi connectivity index (χ0v) is 29.9. The Labute approximate surface area is 246 Å². The third-order valence-electron chi connectivity index (χ3n) is 11.2. The van der Waals surface area contributed by atoms with Gasteiger partial charge in [0.2, 0.25) is 0 Å². The van der Waals surface area contributed by atoms with Crippen molar-refractivity contribution >= 4 is 31.7 Å². The number of fused-ring (bicyclic) bond motifs is 2. The van der Waals surface area contributed by atoms with E-state index in [0.717, 1.165) is 30.9 Å². The van der Waals surface area contributed by atoms with Crippen LogP contribution in [0.5, 0.6) is 0 Å². The van der Waals surface area contributed by atoms with Crippen molar-refractivity contribution in [2.45, 2.75) is 104 Å². The summed E-state index contributed by atoms with van der Waals surface area (Å²) in [6, 6.07) is 11.7. The maximum Gasteiger partial charge on any atom is -0.147 e. The zero-order chi connectivity index (χ0) is 25.0. The number of hydrogen-bond donors (Lipinski definition) is 0. The van der Waals surface area contributed by atoms with E-state index in [1.807, 2.05) is 11.1 Å². The van der Waals surface area contributed by atoms with Crippen LogP contribution in [0.3, 0.4) is 0 Å². The third-order valence-corrected chi connectivity index (χ3v) is 31.0. The first-order valence-electron chi connectivity index (χ1n) is 14.8. The van der Waals surface area contributed by atoms with Crippen molar-refractivity contribution in [2.75, 3.05) is 0 Å². The molecule has 37 heavy (non-hydrogen) atoms. The summed E-state index contributed by atoms with van der Waals surface area (Å²) in [5, 5.41) is 0. The Morgan fingerprint density at radius 2 is 1.19 bits per heavy atom. The second-order valence-electron chi connectivity index (χ2n) is 14.6. The second-order valence-corrected chi connectivity index (χ2v) is 32.3. The van der Waals surface area contributed by atoms with Crippen LogP contribution in [0, 0.1) is 34.5 Å². The number of halogens is 2. The van der Waals surface area contributed by atoms with Crippen LogP contribution >= 0.6 is 24.8 Å². The van der Waals surface area contributed by atoms with Gasteiger partial charge in [-0.1, -0.05) is 0 Å². The van der Waals surface area contributed by atoms with E-state index >= 15 is 0 Å². The smallest absolute Gasteiger partial charge is 0.147 e. The van der Waals surface area contributed by atoms with Crippen molar-refractivity contribution in [1.82, 2.24) is 0 Å². The molecule has 4 aliphatic carbocycles. The van der Waals surface area contributed by atoms with E-state index in [4.69, 9.17) is 0 Å². The van der Waals surface area contributed by atoms with E-state index in [2.05, 4.69) is 90.9 Å². The minimum absolute atomic E-state index is 0. The van der Waals surface area contributed by atoms with E-state index in [0.29, 0.717) is 10.8 Å². The zero-order valence-electron chi connectivity index (χ0n) is 24.4. The standard InChI is InChI=1S/2C13H21.C7H7.2ClH.H2Si.Zr/c2*1-10-8-11-6-4-5-7-13(2,3)12(11)9-10;1-7-5-3-2-4-6-7;;;;/h2*6,8,10,12H,4-5,7,9H2,1-3H3;2-6H,1H2;2*1H;1H2;. The minimum Gasteiger partial charge on any atom is -0.147 e. The monoisotopic (exact) mass is 637 g/mol. The van der Waals surface area contributed by atoms with Gasteiger partial charge in [-0.15, -0.1) is 24.8 Å². The Morgan fingerprint density at radius 3 is 1.62 bits per heavy atom. The van der Waals surface area contributed by atoms with Gasteiger partial charge < -0.3 is 0 Å². The van der Waals surface area contributed by atoms with Gasteiger partial charge in [0.05, 0.1) is 0 Å². The molecular formula is C33H53Cl2SiZr. The molecule has 6 atom stereocenters. The van der Waals surface area contributed by atoms with Crippen LogP contribution in [0.1, 0.15) is 98.5 Å². The molecule has 2 fully saturated rings. The van der Waals surface area contributed by atoms with Crippen LogP contribution < -0.4 is 0 Å². The summed E-state index contributed by atoms with van der Waals surface area (Å²) in [6.45, 7) is 18.4. The molecule has 4 aliphatic rings. The Bertz CT molecular complexity index is 980. The van der Waals surface area contributed by atoms with Gasteiger partial charge in [-0.2, -0.15) is 0 Å². The Balaban J connectivity index is 0.00000190. The number of benzene rings is 1. The topological polar surface area (TPSA) is 0 Å². The Morgan fingerprint density at radius 1 is 0.757 bits per heavy atom. The Hall–Kier alpha value is 0.380. The van der Waals surface area contributed by atoms with Crippen LogP contribution in [0.25, 0.3) is 0 Å². The first-order valence-corrected chi connectivity index (χ1v) is 25.3. The van der Waals surface area contributed by atoms with Gasteiger partial charge in [0.25, 0.3) is 0 Å². The summed E-state index contributed by atoms with van der Waals surface area (Å²) >= 11 is -2.79. The molecule has 0 N–H and O–H groups in total. The van der Waals surface area contributed by atoms with Gasteiger partial charge in [-0.05, 0) is 0 Å². The molecule has 0 spiro atoms. The summed E-state index contributed by atoms with van der Waals surface area (Å²) in [4.78, 5) is 0. The predicted molar refractivity (Wildman–Crippen MR) is 167 cm³/mol. The summed E-state index contributed by atoms with van der Waals surface area (Å²) < 4.78 is 3.28. The second kappa shape index (κ2) is 12.1. The van der Waals surface area contributed by atoms with E-state index in [-0.39, 0.29) is 24.8 Å². The molecule has 1 aromatic carbocycles. The van der Waals surface area contributed by atoms with Gasteiger partial charge in [-0.3, -0.25) is 0 Å². The fourth-order valence-corrected chi connectivity index (χ4v) is 34.5. The van der Waals surface area contributed by atoms with Crippen molar-refractivity contribution in [2.24, 2.45) is 34.5 Å². The van der Waals surface area contributed by atoms with Crippen LogP contribution in [-0.4, -0.2) is 6.88 Å². The maximum atomic E-state index is 2.81. The molecule has 0 radical (unpaired) electrons. The van der Waals surface area contributed by atoms with Gasteiger partial charge in [0.1, 0.15) is 0 Å². The molecule has 207 valence electrons. The molecule has 0 bridgehead atoms. The van der Waals surface area contributed by atoms with Crippen molar-refractivity contribution in [3.8, 4) is 0 Å². The van der Waals surface area contributed by atoms with Crippen molar-refractivity contribution in [3.05, 3.63) is 59.2 Å². The quantitative estimate of drug-likeness (QED) is 0.227. The van der Waals surface area contributed by atoms with Crippen LogP contribution in [-0.2, 0) is 23.0 Å². The van der Waals surface area contributed by atoms with E-state index in [1.165, 1.54) is 55.5 Å². The van der Waals surface area contributed by atoms with E-state index in [9.17, 15) is 0 Å². The van der Waals surface area contributed by atoms with Crippen molar-refractivity contribution in [3.63, 3.8) is 0 Å². The summed E-state index contributed by atoms with van der Waals surface area (Å²) in [5.74, 6) is 3.39. The third kappa shape index (κ3) is 5.90. The van der Waals surface area contributed by atoms with Gasteiger partial charge >= 0.3 is 224 Å². The van der Waals surface area contributed by atoms with Gasteiger partial charge in [-0.25, -0.2) is 0 Å². The first kappa shape index (κ1) is 31.9. The van der Waals surface area contributed by atoms with E-state index < -0.39 is 18.9 Å². The molecule has 4 heteroatoms. The minimum atomic E-state index is -2.79. The first-order chi connectivity index (χ1) is 16.5. The summed E-state index contributed by atoms with van der Waals surface area (Å²) in [7, 11) is 0. The molecule has 0 saturated heterocycles. The maximum absolute atomic E-state index is 2.81.